The van der Waals surface area contributed by atoms with Gasteiger partial charge in [-0.25, -0.2) is 9.55 Å². The van der Waals surface area contributed by atoms with Crippen LogP contribution in [0.3, 0.4) is 0 Å². The lowest BCUT2D eigenvalue weighted by atomic mass is 10.3. The van der Waals surface area contributed by atoms with Crippen molar-refractivity contribution in [2.24, 2.45) is 7.05 Å². The van der Waals surface area contributed by atoms with Gasteiger partial charge in [0, 0.05) is 11.1 Å². The molecule has 0 unspecified atom stereocenters. The molecule has 0 fully saturated rings. The van der Waals surface area contributed by atoms with Crippen LogP contribution in [0.25, 0.3) is 22.6 Å². The zero-order valence-corrected chi connectivity index (χ0v) is 12.5. The number of hydrogen-bond acceptors (Lipinski definition) is 2. The van der Waals surface area contributed by atoms with E-state index < -0.39 is 0 Å². The maximum Gasteiger partial charge on any atom is 0.233 e. The van der Waals surface area contributed by atoms with Crippen LogP contribution in [0.5, 0.6) is 0 Å². The van der Waals surface area contributed by atoms with Gasteiger partial charge in [-0.1, -0.05) is 11.6 Å². The normalized spacial score (nSPS) is 10.3. The fraction of sp³-hybridized carbons (Fsp3) is 0.0769. The van der Waals surface area contributed by atoms with Crippen LogP contribution >= 0.6 is 11.6 Å². The molecule has 0 aliphatic rings. The molecule has 3 rings (SSSR count). The number of nitrogens with zero attached hydrogens (tertiary/aromatic N) is 2. The van der Waals surface area contributed by atoms with Gasteiger partial charge >= 0.3 is 0 Å². The van der Waals surface area contributed by atoms with E-state index in [-0.39, 0.29) is 24.0 Å². The van der Waals surface area contributed by atoms with Gasteiger partial charge in [-0.2, -0.15) is 0 Å². The van der Waals surface area contributed by atoms with Crippen LogP contribution < -0.4 is 28.5 Å². The molecule has 2 aromatic heterocycles. The van der Waals surface area contributed by atoms with E-state index in [9.17, 15) is 0 Å². The van der Waals surface area contributed by atoms with Crippen molar-refractivity contribution >= 4 is 22.7 Å². The number of pyridine rings is 1. The summed E-state index contributed by atoms with van der Waals surface area (Å²) >= 11 is 5.91. The Balaban J connectivity index is 0.00000120. The minimum atomic E-state index is 0. The number of benzene rings is 1. The average Bonchev–Trinajstić information content (AvgIpc) is 2.72. The molecule has 2 heterocycles. The molecule has 0 bridgehead atoms. The van der Waals surface area contributed by atoms with E-state index in [0.717, 1.165) is 16.7 Å². The molecule has 0 aliphatic heterocycles. The number of aromatic nitrogens is 2. The molecule has 5 heteroatoms. The highest BCUT2D eigenvalue weighted by Crippen LogP contribution is 2.25. The van der Waals surface area contributed by atoms with Crippen molar-refractivity contribution in [1.82, 2.24) is 4.98 Å². The van der Waals surface area contributed by atoms with Crippen LogP contribution in [0.1, 0.15) is 0 Å². The summed E-state index contributed by atoms with van der Waals surface area (Å²) in [7, 11) is 1.96. The van der Waals surface area contributed by atoms with Crippen molar-refractivity contribution in [1.29, 1.82) is 0 Å². The predicted octanol–water partition coefficient (Wildman–Crippen LogP) is -0.0233. The van der Waals surface area contributed by atoms with Crippen molar-refractivity contribution in [3.05, 3.63) is 47.7 Å². The van der Waals surface area contributed by atoms with Gasteiger partial charge < -0.3 is 28.4 Å². The molecule has 18 heavy (non-hydrogen) atoms. The summed E-state index contributed by atoms with van der Waals surface area (Å²) in [6, 6.07) is 9.34. The van der Waals surface area contributed by atoms with E-state index in [2.05, 4.69) is 4.98 Å². The summed E-state index contributed by atoms with van der Waals surface area (Å²) in [4.78, 5) is 4.42. The van der Waals surface area contributed by atoms with Crippen LogP contribution in [-0.2, 0) is 7.05 Å². The topological polar surface area (TPSA) is 29.9 Å². The Morgan fingerprint density at radius 2 is 2.11 bits per heavy atom. The molecule has 0 radical (unpaired) electrons. The van der Waals surface area contributed by atoms with Gasteiger partial charge in [-0.05, 0) is 24.3 Å². The van der Waals surface area contributed by atoms with Gasteiger partial charge in [0.1, 0.15) is 18.1 Å². The molecule has 92 valence electrons. The molecule has 0 N–H and O–H groups in total. The summed E-state index contributed by atoms with van der Waals surface area (Å²) in [6.07, 6.45) is 3.93. The molecule has 0 saturated heterocycles. The molecular weight excluding hydrogens is 363 g/mol. The Morgan fingerprint density at radius 3 is 2.89 bits per heavy atom. The van der Waals surface area contributed by atoms with Crippen molar-refractivity contribution in [3.8, 4) is 11.5 Å². The van der Waals surface area contributed by atoms with Crippen LogP contribution in [0.2, 0.25) is 5.02 Å². The number of halogens is 2. The Morgan fingerprint density at radius 1 is 1.28 bits per heavy atom. The fourth-order valence-corrected chi connectivity index (χ4v) is 1.90. The monoisotopic (exact) mass is 372 g/mol. The molecule has 0 spiro atoms. The van der Waals surface area contributed by atoms with Crippen molar-refractivity contribution in [3.63, 3.8) is 0 Å². The highest BCUT2D eigenvalue weighted by molar-refractivity contribution is 6.31. The zero-order chi connectivity index (χ0) is 11.8. The van der Waals surface area contributed by atoms with Crippen molar-refractivity contribution in [2.75, 3.05) is 0 Å². The maximum absolute atomic E-state index is 5.91. The van der Waals surface area contributed by atoms with Crippen LogP contribution in [0.15, 0.2) is 47.1 Å². The minimum absolute atomic E-state index is 0. The summed E-state index contributed by atoms with van der Waals surface area (Å²) < 4.78 is 7.64. The first-order chi connectivity index (χ1) is 8.22. The van der Waals surface area contributed by atoms with Crippen LogP contribution in [-0.4, -0.2) is 4.98 Å². The number of aryl methyl sites for hydroxylation is 1. The highest BCUT2D eigenvalue weighted by Gasteiger charge is 2.10. The van der Waals surface area contributed by atoms with Gasteiger partial charge in [0.2, 0.25) is 5.89 Å². The quantitative estimate of drug-likeness (QED) is 0.444. The Hall–Kier alpha value is -1.14. The van der Waals surface area contributed by atoms with Crippen LogP contribution in [0.4, 0.5) is 0 Å². The molecule has 3 nitrogen and oxygen atoms in total. The summed E-state index contributed by atoms with van der Waals surface area (Å²) in [5.41, 5.74) is 2.47. The number of oxazole rings is 1. The first kappa shape index (κ1) is 13.3. The smallest absolute Gasteiger partial charge is 0.233 e. The third-order valence-corrected chi connectivity index (χ3v) is 2.77. The lowest BCUT2D eigenvalue weighted by Crippen LogP contribution is -3.00. The minimum Gasteiger partial charge on any atom is -1.00 e. The van der Waals surface area contributed by atoms with Gasteiger partial charge in [0.05, 0.1) is 0 Å². The molecule has 0 saturated carbocycles. The van der Waals surface area contributed by atoms with Gasteiger partial charge in [-0.15, -0.1) is 0 Å². The number of fused-ring (bicyclic) bond motifs is 1. The number of rotatable bonds is 1. The standard InChI is InChI=1S/C13H10ClN2O.HI/c1-16-6-2-3-9(8-16)13-15-11-7-10(14)4-5-12(11)17-13;/h2-8H,1H3;1H/q+1;/p-1. The summed E-state index contributed by atoms with van der Waals surface area (Å²) in [5.74, 6) is 0.610. The lowest BCUT2D eigenvalue weighted by molar-refractivity contribution is -0.671. The SMILES string of the molecule is C[n+]1cccc(-c2nc3cc(Cl)ccc3o2)c1.[I-]. The third kappa shape index (κ3) is 2.49. The average molecular weight is 373 g/mol. The van der Waals surface area contributed by atoms with E-state index in [1.807, 2.05) is 42.2 Å². The van der Waals surface area contributed by atoms with Crippen LogP contribution in [0, 0.1) is 0 Å². The third-order valence-electron chi connectivity index (χ3n) is 2.54. The second-order valence-electron chi connectivity index (χ2n) is 3.89. The van der Waals surface area contributed by atoms with Gasteiger partial charge in [0.25, 0.3) is 0 Å². The molecule has 0 amide bonds. The van der Waals surface area contributed by atoms with E-state index in [1.54, 1.807) is 12.1 Å². The summed E-state index contributed by atoms with van der Waals surface area (Å²) in [6.45, 7) is 0. The summed E-state index contributed by atoms with van der Waals surface area (Å²) in [5, 5.41) is 0.663. The van der Waals surface area contributed by atoms with E-state index in [4.69, 9.17) is 16.0 Å². The van der Waals surface area contributed by atoms with E-state index in [0.29, 0.717) is 10.9 Å². The second-order valence-corrected chi connectivity index (χ2v) is 4.33. The van der Waals surface area contributed by atoms with Crippen molar-refractivity contribution < 1.29 is 33.0 Å². The molecular formula is C13H10ClIN2O. The second kappa shape index (κ2) is 5.24. The van der Waals surface area contributed by atoms with Gasteiger partial charge in [0.15, 0.2) is 18.0 Å². The first-order valence-electron chi connectivity index (χ1n) is 5.24. The van der Waals surface area contributed by atoms with Crippen molar-refractivity contribution in [2.45, 2.75) is 0 Å². The zero-order valence-electron chi connectivity index (χ0n) is 9.60. The largest absolute Gasteiger partial charge is 1.00 e. The van der Waals surface area contributed by atoms with E-state index in [1.165, 1.54) is 0 Å². The predicted molar refractivity (Wildman–Crippen MR) is 65.6 cm³/mol. The maximum atomic E-state index is 5.91. The highest BCUT2D eigenvalue weighted by atomic mass is 127. The molecule has 0 atom stereocenters. The Bertz CT molecular complexity index is 696. The lowest BCUT2D eigenvalue weighted by Gasteiger charge is -1.91. The molecule has 1 aromatic carbocycles. The van der Waals surface area contributed by atoms with Gasteiger partial charge in [-0.3, -0.25) is 0 Å². The van der Waals surface area contributed by atoms with E-state index >= 15 is 0 Å². The molecule has 3 aromatic rings. The fourth-order valence-electron chi connectivity index (χ4n) is 1.74. The molecule has 0 aliphatic carbocycles. The first-order valence-corrected chi connectivity index (χ1v) is 5.62. The number of hydrogen-bond donors (Lipinski definition) is 0. The Kier molecular flexibility index (Phi) is 3.87. The Labute approximate surface area is 126 Å².